The molecule has 3 rings (SSSR count). The van der Waals surface area contributed by atoms with E-state index in [2.05, 4.69) is 5.32 Å². The second-order valence-corrected chi connectivity index (χ2v) is 8.50. The van der Waals surface area contributed by atoms with E-state index in [4.69, 9.17) is 4.42 Å². The Bertz CT molecular complexity index is 1070. The Morgan fingerprint density at radius 2 is 1.75 bits per heavy atom. The number of nitrogens with one attached hydrogen (secondary N) is 1. The molecular weight excluding hydrogens is 381 g/mol. The van der Waals surface area contributed by atoms with Crippen LogP contribution in [0.15, 0.2) is 70.0 Å². The van der Waals surface area contributed by atoms with E-state index in [0.29, 0.717) is 29.2 Å². The Morgan fingerprint density at radius 3 is 2.43 bits per heavy atom. The van der Waals surface area contributed by atoms with Crippen LogP contribution in [0.2, 0.25) is 0 Å². The number of sulfone groups is 1. The van der Waals surface area contributed by atoms with E-state index >= 15 is 0 Å². The van der Waals surface area contributed by atoms with Crippen molar-refractivity contribution in [3.63, 3.8) is 0 Å². The third-order valence-corrected chi connectivity index (χ3v) is 6.03. The minimum absolute atomic E-state index is 0.0245. The maximum Gasteiger partial charge on any atom is 0.224 e. The third-order valence-electron chi connectivity index (χ3n) is 4.28. The molecule has 0 saturated carbocycles. The van der Waals surface area contributed by atoms with Crippen LogP contribution in [0, 0.1) is 5.82 Å². The summed E-state index contributed by atoms with van der Waals surface area (Å²) in [5, 5.41) is 2.72. The van der Waals surface area contributed by atoms with Crippen molar-refractivity contribution in [2.24, 2.45) is 0 Å². The van der Waals surface area contributed by atoms with Crippen LogP contribution < -0.4 is 5.32 Å². The average molecular weight is 401 g/mol. The van der Waals surface area contributed by atoms with Crippen LogP contribution >= 0.6 is 0 Å². The second-order valence-electron chi connectivity index (χ2n) is 6.22. The summed E-state index contributed by atoms with van der Waals surface area (Å²) in [6.45, 7) is 1.58. The molecule has 3 aromatic rings. The molecule has 0 aliphatic carbocycles. The van der Waals surface area contributed by atoms with Crippen molar-refractivity contribution in [2.45, 2.75) is 24.7 Å². The second kappa shape index (κ2) is 8.39. The Morgan fingerprint density at radius 1 is 1.04 bits per heavy atom. The maximum atomic E-state index is 13.8. The summed E-state index contributed by atoms with van der Waals surface area (Å²) < 4.78 is 43.0. The molecule has 1 aromatic heterocycles. The number of carbonyl (C=O) groups excluding carboxylic acids is 1. The third kappa shape index (κ3) is 4.67. The molecule has 0 fully saturated rings. The number of anilines is 1. The zero-order chi connectivity index (χ0) is 20.1. The number of rotatable bonds is 7. The molecule has 1 heterocycles. The van der Waals surface area contributed by atoms with Gasteiger partial charge < -0.3 is 9.73 Å². The van der Waals surface area contributed by atoms with Gasteiger partial charge in [-0.25, -0.2) is 12.8 Å². The summed E-state index contributed by atoms with van der Waals surface area (Å²) in [5.74, 6) is 0.431. The van der Waals surface area contributed by atoms with Gasteiger partial charge in [-0.3, -0.25) is 4.79 Å². The molecule has 0 unspecified atom stereocenters. The van der Waals surface area contributed by atoms with Crippen molar-refractivity contribution in [1.29, 1.82) is 0 Å². The fourth-order valence-electron chi connectivity index (χ4n) is 2.69. The smallest absolute Gasteiger partial charge is 0.224 e. The van der Waals surface area contributed by atoms with Crippen molar-refractivity contribution >= 4 is 21.4 Å². The van der Waals surface area contributed by atoms with E-state index in [9.17, 15) is 17.6 Å². The van der Waals surface area contributed by atoms with Gasteiger partial charge in [0.1, 0.15) is 17.3 Å². The predicted molar refractivity (Wildman–Crippen MR) is 105 cm³/mol. The predicted octanol–water partition coefficient (Wildman–Crippen LogP) is 4.45. The number of furan rings is 1. The topological polar surface area (TPSA) is 76.4 Å². The Balaban J connectivity index is 1.57. The fraction of sp³-hybridized carbons (Fsp3) is 0.190. The van der Waals surface area contributed by atoms with Gasteiger partial charge in [-0.1, -0.05) is 19.1 Å². The van der Waals surface area contributed by atoms with Crippen LogP contribution in [0.4, 0.5) is 10.1 Å². The molecule has 0 bridgehead atoms. The highest BCUT2D eigenvalue weighted by atomic mass is 32.2. The van der Waals surface area contributed by atoms with E-state index in [1.54, 1.807) is 49.4 Å². The highest BCUT2D eigenvalue weighted by Crippen LogP contribution is 2.25. The number of halogens is 1. The first kappa shape index (κ1) is 19.8. The van der Waals surface area contributed by atoms with Crippen LogP contribution in [0.5, 0.6) is 0 Å². The van der Waals surface area contributed by atoms with Gasteiger partial charge in [0.15, 0.2) is 9.84 Å². The molecule has 2 aromatic carbocycles. The van der Waals surface area contributed by atoms with E-state index in [-0.39, 0.29) is 28.8 Å². The van der Waals surface area contributed by atoms with Gasteiger partial charge >= 0.3 is 0 Å². The maximum absolute atomic E-state index is 13.8. The molecule has 0 spiro atoms. The molecular formula is C21H20FNO4S. The summed E-state index contributed by atoms with van der Waals surface area (Å²) >= 11 is 0. The molecule has 7 heteroatoms. The van der Waals surface area contributed by atoms with Crippen molar-refractivity contribution in [2.75, 3.05) is 11.1 Å². The minimum Gasteiger partial charge on any atom is -0.461 e. The number of aryl methyl sites for hydroxylation is 1. The molecule has 0 aliphatic rings. The number of benzene rings is 2. The molecule has 0 radical (unpaired) electrons. The largest absolute Gasteiger partial charge is 0.461 e. The average Bonchev–Trinajstić information content (AvgIpc) is 3.16. The summed E-state index contributed by atoms with van der Waals surface area (Å²) in [7, 11) is -3.27. The Hall–Kier alpha value is -2.93. The van der Waals surface area contributed by atoms with Crippen molar-refractivity contribution in [3.05, 3.63) is 72.2 Å². The summed E-state index contributed by atoms with van der Waals surface area (Å²) in [6.07, 6.45) is 0.543. The van der Waals surface area contributed by atoms with Crippen LogP contribution in [0.3, 0.4) is 0 Å². The lowest BCUT2D eigenvalue weighted by atomic mass is 10.1. The van der Waals surface area contributed by atoms with Gasteiger partial charge in [-0.05, 0) is 48.5 Å². The van der Waals surface area contributed by atoms with Crippen LogP contribution in [0.25, 0.3) is 11.3 Å². The van der Waals surface area contributed by atoms with Crippen molar-refractivity contribution in [1.82, 2.24) is 0 Å². The van der Waals surface area contributed by atoms with Crippen molar-refractivity contribution in [3.8, 4) is 11.3 Å². The monoisotopic (exact) mass is 401 g/mol. The van der Waals surface area contributed by atoms with Crippen LogP contribution in [0.1, 0.15) is 19.1 Å². The van der Waals surface area contributed by atoms with Gasteiger partial charge in [-0.2, -0.15) is 0 Å². The van der Waals surface area contributed by atoms with Gasteiger partial charge in [0.05, 0.1) is 16.2 Å². The standard InChI is InChI=1S/C21H20FNO4S/c1-2-28(25,26)17-11-7-15(8-12-17)23-21(24)14-10-16-9-13-20(27-16)18-5-3-4-6-19(18)22/h3-9,11-13H,2,10,14H2,1H3,(H,23,24). The fourth-order valence-corrected chi connectivity index (χ4v) is 3.57. The SMILES string of the molecule is CCS(=O)(=O)c1ccc(NC(=O)CCc2ccc(-c3ccccc3F)o2)cc1. The van der Waals surface area contributed by atoms with E-state index in [0.717, 1.165) is 0 Å². The molecule has 0 atom stereocenters. The van der Waals surface area contributed by atoms with Crippen LogP contribution in [-0.2, 0) is 21.1 Å². The van der Waals surface area contributed by atoms with Crippen molar-refractivity contribution < 1.29 is 22.0 Å². The van der Waals surface area contributed by atoms with Gasteiger partial charge in [0, 0.05) is 18.5 Å². The van der Waals surface area contributed by atoms with Gasteiger partial charge in [0.2, 0.25) is 5.91 Å². The highest BCUT2D eigenvalue weighted by molar-refractivity contribution is 7.91. The lowest BCUT2D eigenvalue weighted by molar-refractivity contribution is -0.116. The molecule has 1 N–H and O–H groups in total. The number of carbonyl (C=O) groups is 1. The zero-order valence-corrected chi connectivity index (χ0v) is 16.1. The quantitative estimate of drug-likeness (QED) is 0.635. The van der Waals surface area contributed by atoms with E-state index in [1.165, 1.54) is 18.2 Å². The minimum atomic E-state index is -3.27. The van der Waals surface area contributed by atoms with Gasteiger partial charge in [-0.15, -0.1) is 0 Å². The Labute approximate surface area is 163 Å². The Kier molecular flexibility index (Phi) is 5.94. The molecule has 0 aliphatic heterocycles. The summed E-state index contributed by atoms with van der Waals surface area (Å²) in [6, 6.07) is 15.8. The van der Waals surface area contributed by atoms with Crippen LogP contribution in [-0.4, -0.2) is 20.1 Å². The number of amides is 1. The molecule has 146 valence electrons. The molecule has 0 saturated heterocycles. The summed E-state index contributed by atoms with van der Waals surface area (Å²) in [4.78, 5) is 12.3. The molecule has 5 nitrogen and oxygen atoms in total. The lowest BCUT2D eigenvalue weighted by Crippen LogP contribution is -2.12. The first-order valence-corrected chi connectivity index (χ1v) is 10.5. The number of hydrogen-bond acceptors (Lipinski definition) is 4. The number of hydrogen-bond donors (Lipinski definition) is 1. The normalized spacial score (nSPS) is 11.4. The van der Waals surface area contributed by atoms with Gasteiger partial charge in [0.25, 0.3) is 0 Å². The first-order chi connectivity index (χ1) is 13.4. The van der Waals surface area contributed by atoms with E-state index in [1.807, 2.05) is 0 Å². The lowest BCUT2D eigenvalue weighted by Gasteiger charge is -2.06. The zero-order valence-electron chi connectivity index (χ0n) is 15.3. The highest BCUT2D eigenvalue weighted by Gasteiger charge is 2.13. The first-order valence-electron chi connectivity index (χ1n) is 8.85. The molecule has 1 amide bonds. The van der Waals surface area contributed by atoms with E-state index < -0.39 is 9.84 Å². The molecule has 28 heavy (non-hydrogen) atoms. The summed E-state index contributed by atoms with van der Waals surface area (Å²) in [5.41, 5.74) is 0.895.